The maximum atomic E-state index is 13.2. The van der Waals surface area contributed by atoms with Crippen molar-refractivity contribution in [2.45, 2.75) is 12.6 Å². The summed E-state index contributed by atoms with van der Waals surface area (Å²) in [5.41, 5.74) is 3.72. The number of rotatable bonds is 6. The lowest BCUT2D eigenvalue weighted by atomic mass is 10.00. The summed E-state index contributed by atoms with van der Waals surface area (Å²) in [4.78, 5) is 28.5. The van der Waals surface area contributed by atoms with E-state index in [1.54, 1.807) is 42.5 Å². The Labute approximate surface area is 214 Å². The first kappa shape index (κ1) is 22.9. The van der Waals surface area contributed by atoms with Gasteiger partial charge in [-0.25, -0.2) is 0 Å². The summed E-state index contributed by atoms with van der Waals surface area (Å²) in [5, 5.41) is 5.84. The van der Waals surface area contributed by atoms with Crippen molar-refractivity contribution in [1.29, 1.82) is 0 Å². The fraction of sp³-hybridized carbons (Fsp3) is 0.172. The second kappa shape index (κ2) is 9.83. The van der Waals surface area contributed by atoms with Crippen LogP contribution in [0.4, 0.5) is 11.4 Å². The monoisotopic (exact) mass is 494 g/mol. The minimum atomic E-state index is -0.326. The molecule has 1 aromatic heterocycles. The highest BCUT2D eigenvalue weighted by molar-refractivity contribution is 6.10. The Morgan fingerprint density at radius 1 is 0.838 bits per heavy atom. The number of nitrogens with zero attached hydrogens (tertiary/aromatic N) is 2. The highest BCUT2D eigenvalue weighted by Gasteiger charge is 2.30. The highest BCUT2D eigenvalue weighted by atomic mass is 16.7. The average Bonchev–Trinajstić information content (AvgIpc) is 3.58. The zero-order valence-corrected chi connectivity index (χ0v) is 20.1. The van der Waals surface area contributed by atoms with Gasteiger partial charge in [-0.2, -0.15) is 0 Å². The molecule has 2 aliphatic heterocycles. The van der Waals surface area contributed by atoms with Crippen molar-refractivity contribution < 1.29 is 19.1 Å². The highest BCUT2D eigenvalue weighted by Crippen LogP contribution is 2.35. The van der Waals surface area contributed by atoms with Gasteiger partial charge in [-0.15, -0.1) is 0 Å². The van der Waals surface area contributed by atoms with Crippen molar-refractivity contribution in [2.24, 2.45) is 0 Å². The van der Waals surface area contributed by atoms with Crippen molar-refractivity contribution in [3.8, 4) is 11.5 Å². The van der Waals surface area contributed by atoms with Crippen LogP contribution in [0.3, 0.4) is 0 Å². The number of amides is 2. The van der Waals surface area contributed by atoms with Crippen LogP contribution in [-0.4, -0.2) is 41.2 Å². The van der Waals surface area contributed by atoms with Gasteiger partial charge in [0.2, 0.25) is 12.7 Å². The number of benzene rings is 3. The van der Waals surface area contributed by atoms with Gasteiger partial charge in [0.25, 0.3) is 5.91 Å². The molecular weight excluding hydrogens is 468 g/mol. The predicted octanol–water partition coefficient (Wildman–Crippen LogP) is 4.51. The number of fused-ring (bicyclic) bond motifs is 2. The van der Waals surface area contributed by atoms with Crippen LogP contribution in [0.5, 0.6) is 11.5 Å². The van der Waals surface area contributed by atoms with E-state index in [1.807, 2.05) is 24.3 Å². The largest absolute Gasteiger partial charge is 0.454 e. The van der Waals surface area contributed by atoms with Gasteiger partial charge in [0.1, 0.15) is 0 Å². The Morgan fingerprint density at radius 2 is 1.65 bits per heavy atom. The molecule has 0 saturated heterocycles. The molecule has 186 valence electrons. The molecule has 8 heteroatoms. The Balaban J connectivity index is 1.18. The SMILES string of the molecule is O=C(CN1CCn2cccc2C1c1ccccc1)Nc1ccccc1C(=O)Nc1ccc2c(c1)OCO2. The van der Waals surface area contributed by atoms with E-state index in [1.165, 1.54) is 0 Å². The molecule has 1 atom stereocenters. The van der Waals surface area contributed by atoms with Gasteiger partial charge in [0, 0.05) is 36.7 Å². The number of carbonyl (C=O) groups is 2. The first-order valence-corrected chi connectivity index (χ1v) is 12.2. The number of anilines is 2. The van der Waals surface area contributed by atoms with Gasteiger partial charge in [-0.3, -0.25) is 14.5 Å². The Kier molecular flexibility index (Phi) is 6.08. The zero-order chi connectivity index (χ0) is 25.2. The van der Waals surface area contributed by atoms with Crippen LogP contribution in [0.15, 0.2) is 91.1 Å². The predicted molar refractivity (Wildman–Crippen MR) is 140 cm³/mol. The molecule has 4 aromatic rings. The van der Waals surface area contributed by atoms with Crippen LogP contribution in [0.2, 0.25) is 0 Å². The standard InChI is InChI=1S/C29H26N4O4/c34-27(18-33-16-15-32-14-6-11-24(32)28(33)20-7-2-1-3-8-20)31-23-10-5-4-9-22(23)29(35)30-21-12-13-25-26(17-21)37-19-36-25/h1-14,17,28H,15-16,18-19H2,(H,30,35)(H,31,34). The van der Waals surface area contributed by atoms with Crippen LogP contribution < -0.4 is 20.1 Å². The van der Waals surface area contributed by atoms with Crippen molar-refractivity contribution in [3.63, 3.8) is 0 Å². The van der Waals surface area contributed by atoms with Gasteiger partial charge < -0.3 is 24.7 Å². The van der Waals surface area contributed by atoms with Gasteiger partial charge >= 0.3 is 0 Å². The minimum Gasteiger partial charge on any atom is -0.454 e. The average molecular weight is 495 g/mol. The summed E-state index contributed by atoms with van der Waals surface area (Å²) in [6, 6.07) is 26.6. The number of hydrogen-bond donors (Lipinski definition) is 2. The smallest absolute Gasteiger partial charge is 0.257 e. The quantitative estimate of drug-likeness (QED) is 0.412. The molecule has 0 fully saturated rings. The van der Waals surface area contributed by atoms with Crippen molar-refractivity contribution in [1.82, 2.24) is 9.47 Å². The van der Waals surface area contributed by atoms with Crippen LogP contribution in [0.25, 0.3) is 0 Å². The number of hydrogen-bond acceptors (Lipinski definition) is 5. The maximum Gasteiger partial charge on any atom is 0.257 e. The van der Waals surface area contributed by atoms with Crippen molar-refractivity contribution >= 4 is 23.2 Å². The van der Waals surface area contributed by atoms with E-state index in [0.29, 0.717) is 28.4 Å². The van der Waals surface area contributed by atoms with E-state index >= 15 is 0 Å². The molecule has 8 nitrogen and oxygen atoms in total. The molecular formula is C29H26N4O4. The number of aromatic nitrogens is 1. The summed E-state index contributed by atoms with van der Waals surface area (Å²) in [6.07, 6.45) is 2.08. The topological polar surface area (TPSA) is 84.8 Å². The summed E-state index contributed by atoms with van der Waals surface area (Å²) in [5.74, 6) is 0.724. The van der Waals surface area contributed by atoms with Crippen LogP contribution >= 0.6 is 0 Å². The van der Waals surface area contributed by atoms with E-state index in [2.05, 4.69) is 44.5 Å². The summed E-state index contributed by atoms with van der Waals surface area (Å²) >= 11 is 0. The number of para-hydroxylation sites is 1. The van der Waals surface area contributed by atoms with Crippen LogP contribution in [-0.2, 0) is 11.3 Å². The van der Waals surface area contributed by atoms with Crippen LogP contribution in [0.1, 0.15) is 27.7 Å². The second-order valence-electron chi connectivity index (χ2n) is 9.03. The number of ether oxygens (including phenoxy) is 2. The number of nitrogens with one attached hydrogen (secondary N) is 2. The molecule has 0 aliphatic carbocycles. The van der Waals surface area contributed by atoms with Crippen molar-refractivity contribution in [2.75, 3.05) is 30.5 Å². The molecule has 0 bridgehead atoms. The maximum absolute atomic E-state index is 13.2. The van der Waals surface area contributed by atoms with Crippen LogP contribution in [0, 0.1) is 0 Å². The third-order valence-electron chi connectivity index (χ3n) is 6.68. The first-order valence-electron chi connectivity index (χ1n) is 12.2. The third kappa shape index (κ3) is 4.66. The van der Waals surface area contributed by atoms with E-state index in [0.717, 1.165) is 24.3 Å². The Hall–Kier alpha value is -4.56. The molecule has 2 amide bonds. The minimum absolute atomic E-state index is 0.0275. The van der Waals surface area contributed by atoms with Gasteiger partial charge in [0.05, 0.1) is 23.8 Å². The van der Waals surface area contributed by atoms with E-state index in [4.69, 9.17) is 9.47 Å². The fourth-order valence-corrected chi connectivity index (χ4v) is 4.96. The molecule has 3 aromatic carbocycles. The molecule has 1 unspecified atom stereocenters. The fourth-order valence-electron chi connectivity index (χ4n) is 4.96. The lowest BCUT2D eigenvalue weighted by Crippen LogP contribution is -2.42. The normalized spacial score (nSPS) is 16.2. The van der Waals surface area contributed by atoms with E-state index < -0.39 is 0 Å². The summed E-state index contributed by atoms with van der Waals surface area (Å²) < 4.78 is 13.0. The first-order chi connectivity index (χ1) is 18.2. The van der Waals surface area contributed by atoms with E-state index in [-0.39, 0.29) is 31.2 Å². The molecule has 37 heavy (non-hydrogen) atoms. The molecule has 0 spiro atoms. The lowest BCUT2D eigenvalue weighted by molar-refractivity contribution is -0.117. The Morgan fingerprint density at radius 3 is 2.54 bits per heavy atom. The molecule has 6 rings (SSSR count). The summed E-state index contributed by atoms with van der Waals surface area (Å²) in [6.45, 7) is 1.91. The molecule has 3 heterocycles. The molecule has 2 N–H and O–H groups in total. The molecule has 2 aliphatic rings. The number of carbonyl (C=O) groups excluding carboxylic acids is 2. The second-order valence-corrected chi connectivity index (χ2v) is 9.03. The van der Waals surface area contributed by atoms with E-state index in [9.17, 15) is 9.59 Å². The van der Waals surface area contributed by atoms with Crippen molar-refractivity contribution in [3.05, 3.63) is 108 Å². The Bertz CT molecular complexity index is 1450. The zero-order valence-electron chi connectivity index (χ0n) is 20.1. The van der Waals surface area contributed by atoms with Gasteiger partial charge in [-0.1, -0.05) is 42.5 Å². The third-order valence-corrected chi connectivity index (χ3v) is 6.68. The molecule has 0 radical (unpaired) electrons. The lowest BCUT2D eigenvalue weighted by Gasteiger charge is -2.36. The summed E-state index contributed by atoms with van der Waals surface area (Å²) in [7, 11) is 0. The van der Waals surface area contributed by atoms with Gasteiger partial charge in [-0.05, 0) is 42.0 Å². The molecule has 0 saturated carbocycles. The van der Waals surface area contributed by atoms with Gasteiger partial charge in [0.15, 0.2) is 11.5 Å².